The number of aromatic nitrogens is 5. The monoisotopic (exact) mass is 508 g/mol. The Morgan fingerprint density at radius 1 is 1.21 bits per heavy atom. The molecule has 6 rings (SSSR count). The van der Waals surface area contributed by atoms with Crippen molar-refractivity contribution in [2.45, 2.75) is 32.1 Å². The van der Waals surface area contributed by atoms with Crippen LogP contribution in [0.1, 0.15) is 46.1 Å². The smallest absolute Gasteiger partial charge is 0.294 e. The first-order valence-corrected chi connectivity index (χ1v) is 11.8. The van der Waals surface area contributed by atoms with E-state index in [-0.39, 0.29) is 23.0 Å². The van der Waals surface area contributed by atoms with Gasteiger partial charge in [0.05, 0.1) is 11.0 Å². The molecule has 2 aliphatic rings. The Morgan fingerprint density at radius 2 is 2.03 bits per heavy atom. The molecule has 33 heavy (non-hydrogen) atoms. The maximum Gasteiger partial charge on any atom is 0.294 e. The number of fused-ring (bicyclic) bond motifs is 4. The van der Waals surface area contributed by atoms with Gasteiger partial charge in [-0.1, -0.05) is 0 Å². The van der Waals surface area contributed by atoms with Crippen LogP contribution in [0.25, 0.3) is 16.7 Å². The molecule has 0 unspecified atom stereocenters. The van der Waals surface area contributed by atoms with Crippen LogP contribution in [-0.2, 0) is 11.2 Å². The number of carbonyl (C=O) groups is 1. The average molecular weight is 509 g/mol. The van der Waals surface area contributed by atoms with Crippen LogP contribution in [0.4, 0.5) is 5.82 Å². The molecule has 3 aromatic heterocycles. The number of rotatable bonds is 2. The fourth-order valence-electron chi connectivity index (χ4n) is 4.87. The summed E-state index contributed by atoms with van der Waals surface area (Å²) in [4.78, 5) is 35.4. The number of H-pyrrole nitrogens is 1. The topological polar surface area (TPSA) is 105 Å². The fraction of sp³-hybridized carbons (Fsp3) is 0.348. The first kappa shape index (κ1) is 20.5. The molecule has 0 radical (unpaired) electrons. The van der Waals surface area contributed by atoms with Crippen LogP contribution in [-0.4, -0.2) is 50.2 Å². The Labute approximate surface area is 196 Å². The van der Waals surface area contributed by atoms with Crippen molar-refractivity contribution >= 4 is 44.3 Å². The first-order chi connectivity index (χ1) is 16.0. The van der Waals surface area contributed by atoms with E-state index in [4.69, 9.17) is 4.74 Å². The molecule has 0 atom stereocenters. The lowest BCUT2D eigenvalue weighted by Crippen LogP contribution is -2.30. The quantitative estimate of drug-likeness (QED) is 0.445. The van der Waals surface area contributed by atoms with Crippen molar-refractivity contribution < 1.29 is 9.53 Å². The van der Waals surface area contributed by atoms with Gasteiger partial charge in [0.25, 0.3) is 11.5 Å². The molecular formula is C23H21BrN6O3. The zero-order valence-corrected chi connectivity index (χ0v) is 19.6. The number of aryl methyl sites for hydroxylation is 1. The minimum atomic E-state index is -0.325. The number of benzene rings is 1. The molecule has 0 aliphatic carbocycles. The first-order valence-electron chi connectivity index (χ1n) is 11.0. The summed E-state index contributed by atoms with van der Waals surface area (Å²) >= 11 is 3.44. The standard InChI is InChI=1S/C23H21BrN6O3/c1-12-8-18-17(10-16(12)23(32)29-5-2-14-9-15(24)11-25-19(14)29)26-22(31)21-28-27-20(30(18)21)13-3-6-33-7-4-13/h8-11,13H,2-7H2,1H3,(H,26,31). The molecule has 1 N–H and O–H groups in total. The lowest BCUT2D eigenvalue weighted by atomic mass is 9.99. The number of nitrogens with one attached hydrogen (secondary N) is 1. The molecule has 1 amide bonds. The molecule has 0 bridgehead atoms. The molecular weight excluding hydrogens is 488 g/mol. The van der Waals surface area contributed by atoms with E-state index in [0.717, 1.165) is 46.2 Å². The molecule has 0 spiro atoms. The van der Waals surface area contributed by atoms with Gasteiger partial charge in [0.15, 0.2) is 0 Å². The van der Waals surface area contributed by atoms with Gasteiger partial charge in [0.2, 0.25) is 5.65 Å². The highest BCUT2D eigenvalue weighted by molar-refractivity contribution is 9.10. The summed E-state index contributed by atoms with van der Waals surface area (Å²) in [5.41, 5.74) is 3.71. The van der Waals surface area contributed by atoms with E-state index in [1.165, 1.54) is 0 Å². The summed E-state index contributed by atoms with van der Waals surface area (Å²) < 4.78 is 8.23. The van der Waals surface area contributed by atoms with Gasteiger partial charge in [-0.15, -0.1) is 10.2 Å². The number of pyridine rings is 1. The predicted molar refractivity (Wildman–Crippen MR) is 126 cm³/mol. The van der Waals surface area contributed by atoms with Crippen LogP contribution >= 0.6 is 15.9 Å². The lowest BCUT2D eigenvalue weighted by Gasteiger charge is -2.21. The van der Waals surface area contributed by atoms with Crippen molar-refractivity contribution in [3.63, 3.8) is 0 Å². The second kappa shape index (κ2) is 7.74. The SMILES string of the molecule is Cc1cc2c(cc1C(=O)N1CCc3cc(Br)cnc31)[nH]c(=O)c1nnc(C3CCOCC3)n12. The van der Waals surface area contributed by atoms with Crippen LogP contribution in [0.3, 0.4) is 0 Å². The van der Waals surface area contributed by atoms with Crippen LogP contribution in [0.5, 0.6) is 0 Å². The number of carbonyl (C=O) groups excluding carboxylic acids is 1. The normalized spacial score (nSPS) is 16.6. The molecule has 5 heterocycles. The maximum absolute atomic E-state index is 13.5. The second-order valence-electron chi connectivity index (χ2n) is 8.59. The van der Waals surface area contributed by atoms with E-state index in [0.29, 0.717) is 36.7 Å². The van der Waals surface area contributed by atoms with Gasteiger partial charge >= 0.3 is 0 Å². The summed E-state index contributed by atoms with van der Waals surface area (Å²) in [6.07, 6.45) is 4.13. The Bertz CT molecular complexity index is 1490. The minimum absolute atomic E-state index is 0.127. The highest BCUT2D eigenvalue weighted by Gasteiger charge is 2.29. The van der Waals surface area contributed by atoms with Crippen molar-refractivity contribution in [3.05, 3.63) is 61.7 Å². The second-order valence-corrected chi connectivity index (χ2v) is 9.50. The summed E-state index contributed by atoms with van der Waals surface area (Å²) in [6, 6.07) is 5.70. The summed E-state index contributed by atoms with van der Waals surface area (Å²) in [5, 5.41) is 8.53. The van der Waals surface area contributed by atoms with Crippen LogP contribution in [0.2, 0.25) is 0 Å². The Hall–Kier alpha value is -3.11. The highest BCUT2D eigenvalue weighted by Crippen LogP contribution is 2.31. The van der Waals surface area contributed by atoms with Crippen molar-refractivity contribution in [3.8, 4) is 0 Å². The minimum Gasteiger partial charge on any atom is -0.381 e. The van der Waals surface area contributed by atoms with Gasteiger partial charge in [-0.3, -0.25) is 18.9 Å². The molecule has 4 aromatic rings. The van der Waals surface area contributed by atoms with Gasteiger partial charge in [0.1, 0.15) is 11.6 Å². The number of aromatic amines is 1. The van der Waals surface area contributed by atoms with Crippen LogP contribution in [0.15, 0.2) is 33.7 Å². The van der Waals surface area contributed by atoms with Gasteiger partial charge in [0, 0.05) is 41.9 Å². The van der Waals surface area contributed by atoms with E-state index in [9.17, 15) is 9.59 Å². The predicted octanol–water partition coefficient (Wildman–Crippen LogP) is 3.13. The average Bonchev–Trinajstić information content (AvgIpc) is 3.44. The van der Waals surface area contributed by atoms with Gasteiger partial charge < -0.3 is 9.72 Å². The number of hydrogen-bond acceptors (Lipinski definition) is 6. The molecule has 1 saturated heterocycles. The third-order valence-corrected chi connectivity index (χ3v) is 6.99. The fourth-order valence-corrected chi connectivity index (χ4v) is 5.25. The number of amides is 1. The van der Waals surface area contributed by atoms with E-state index < -0.39 is 0 Å². The molecule has 1 aromatic carbocycles. The molecule has 2 aliphatic heterocycles. The van der Waals surface area contributed by atoms with Crippen molar-refractivity contribution in [2.24, 2.45) is 0 Å². The molecule has 10 heteroatoms. The van der Waals surface area contributed by atoms with E-state index in [2.05, 4.69) is 36.1 Å². The largest absolute Gasteiger partial charge is 0.381 e. The van der Waals surface area contributed by atoms with E-state index in [1.807, 2.05) is 23.5 Å². The zero-order chi connectivity index (χ0) is 22.7. The van der Waals surface area contributed by atoms with Crippen LogP contribution in [0, 0.1) is 6.92 Å². The van der Waals surface area contributed by atoms with Gasteiger partial charge in [-0.25, -0.2) is 4.98 Å². The van der Waals surface area contributed by atoms with E-state index in [1.54, 1.807) is 17.2 Å². The summed E-state index contributed by atoms with van der Waals surface area (Å²) in [6.45, 7) is 3.82. The Morgan fingerprint density at radius 3 is 2.85 bits per heavy atom. The zero-order valence-electron chi connectivity index (χ0n) is 18.0. The van der Waals surface area contributed by atoms with Gasteiger partial charge in [-0.05, 0) is 71.4 Å². The van der Waals surface area contributed by atoms with Gasteiger partial charge in [-0.2, -0.15) is 0 Å². The van der Waals surface area contributed by atoms with E-state index >= 15 is 0 Å². The maximum atomic E-state index is 13.5. The number of ether oxygens (including phenoxy) is 1. The highest BCUT2D eigenvalue weighted by atomic mass is 79.9. The number of anilines is 1. The van der Waals surface area contributed by atoms with Crippen molar-refractivity contribution in [1.82, 2.24) is 24.6 Å². The lowest BCUT2D eigenvalue weighted by molar-refractivity contribution is 0.0834. The third-order valence-electron chi connectivity index (χ3n) is 6.55. The van der Waals surface area contributed by atoms with Crippen LogP contribution < -0.4 is 10.5 Å². The number of halogens is 1. The van der Waals surface area contributed by atoms with Crippen molar-refractivity contribution in [1.29, 1.82) is 0 Å². The molecule has 1 fully saturated rings. The Kier molecular flexibility index (Phi) is 4.81. The van der Waals surface area contributed by atoms with Crippen molar-refractivity contribution in [2.75, 3.05) is 24.7 Å². The Balaban J connectivity index is 1.48. The third kappa shape index (κ3) is 3.27. The summed E-state index contributed by atoms with van der Waals surface area (Å²) in [5.74, 6) is 1.50. The number of hydrogen-bond donors (Lipinski definition) is 1. The molecule has 168 valence electrons. The molecule has 9 nitrogen and oxygen atoms in total. The molecule has 0 saturated carbocycles. The number of nitrogens with zero attached hydrogens (tertiary/aromatic N) is 5. The summed E-state index contributed by atoms with van der Waals surface area (Å²) in [7, 11) is 0.